The number of nitrogens with zero attached hydrogens (tertiary/aromatic N) is 3. The van der Waals surface area contributed by atoms with Gasteiger partial charge in [-0.1, -0.05) is 11.6 Å². The summed E-state index contributed by atoms with van der Waals surface area (Å²) in [5, 5.41) is 3.32. The molecule has 0 radical (unpaired) electrons. The summed E-state index contributed by atoms with van der Waals surface area (Å²) in [4.78, 5) is 31.7. The van der Waals surface area contributed by atoms with Gasteiger partial charge in [-0.2, -0.15) is 0 Å². The van der Waals surface area contributed by atoms with Crippen molar-refractivity contribution < 1.29 is 9.59 Å². The van der Waals surface area contributed by atoms with Gasteiger partial charge >= 0.3 is 0 Å². The lowest BCUT2D eigenvalue weighted by molar-refractivity contribution is -0.128. The van der Waals surface area contributed by atoms with Crippen molar-refractivity contribution in [1.82, 2.24) is 14.8 Å². The van der Waals surface area contributed by atoms with E-state index in [2.05, 4.69) is 15.2 Å². The largest absolute Gasteiger partial charge is 0.342 e. The molecule has 2 heterocycles. The topological polar surface area (TPSA) is 65.5 Å². The summed E-state index contributed by atoms with van der Waals surface area (Å²) in [7, 11) is 0. The minimum absolute atomic E-state index is 0.0873. The minimum Gasteiger partial charge on any atom is -0.342 e. The van der Waals surface area contributed by atoms with Crippen LogP contribution >= 0.6 is 11.6 Å². The fourth-order valence-electron chi connectivity index (χ4n) is 2.49. The molecule has 0 spiro atoms. The van der Waals surface area contributed by atoms with E-state index < -0.39 is 0 Å². The first-order chi connectivity index (χ1) is 10.5. The maximum absolute atomic E-state index is 12.3. The summed E-state index contributed by atoms with van der Waals surface area (Å²) in [6.07, 6.45) is 2.37. The SMILES string of the molecule is CC(=O)N1CCCN(C(C)C(=O)Nc2ccc(Cl)cn2)CC1. The van der Waals surface area contributed by atoms with E-state index in [1.807, 2.05) is 11.8 Å². The van der Waals surface area contributed by atoms with Gasteiger partial charge in [0, 0.05) is 39.3 Å². The number of amides is 2. The zero-order valence-corrected chi connectivity index (χ0v) is 13.6. The Bertz CT molecular complexity index is 535. The van der Waals surface area contributed by atoms with E-state index in [0.29, 0.717) is 23.9 Å². The predicted molar refractivity (Wildman–Crippen MR) is 85.8 cm³/mol. The standard InChI is InChI=1S/C15H21ClN4O2/c1-11(15(22)18-14-5-4-13(16)10-17-14)19-6-3-7-20(9-8-19)12(2)21/h4-5,10-11H,3,6-9H2,1-2H3,(H,17,18,22). The van der Waals surface area contributed by atoms with Gasteiger partial charge in [0.05, 0.1) is 11.1 Å². The molecule has 2 amide bonds. The number of carbonyl (C=O) groups is 2. The highest BCUT2D eigenvalue weighted by molar-refractivity contribution is 6.30. The molecule has 1 fully saturated rings. The van der Waals surface area contributed by atoms with Gasteiger partial charge in [-0.05, 0) is 25.5 Å². The molecule has 1 atom stereocenters. The van der Waals surface area contributed by atoms with Crippen LogP contribution in [0.25, 0.3) is 0 Å². The summed E-state index contributed by atoms with van der Waals surface area (Å²) >= 11 is 5.77. The van der Waals surface area contributed by atoms with E-state index in [9.17, 15) is 9.59 Å². The van der Waals surface area contributed by atoms with Gasteiger partial charge in [0.1, 0.15) is 5.82 Å². The van der Waals surface area contributed by atoms with Crippen molar-refractivity contribution in [3.8, 4) is 0 Å². The molecule has 7 heteroatoms. The Kier molecular flexibility index (Phi) is 5.74. The second kappa shape index (κ2) is 7.56. The van der Waals surface area contributed by atoms with Crippen LogP contribution in [0.4, 0.5) is 5.82 Å². The van der Waals surface area contributed by atoms with Crippen LogP contribution in [0.3, 0.4) is 0 Å². The third-order valence-corrected chi connectivity index (χ3v) is 4.11. The van der Waals surface area contributed by atoms with Crippen LogP contribution in [0.15, 0.2) is 18.3 Å². The molecule has 120 valence electrons. The van der Waals surface area contributed by atoms with Gasteiger partial charge in [-0.25, -0.2) is 4.98 Å². The Morgan fingerprint density at radius 1 is 1.27 bits per heavy atom. The fourth-order valence-corrected chi connectivity index (χ4v) is 2.60. The lowest BCUT2D eigenvalue weighted by Crippen LogP contribution is -2.44. The molecule has 6 nitrogen and oxygen atoms in total. The van der Waals surface area contributed by atoms with Gasteiger partial charge in [0.15, 0.2) is 0 Å². The van der Waals surface area contributed by atoms with Crippen molar-refractivity contribution in [2.24, 2.45) is 0 Å². The van der Waals surface area contributed by atoms with E-state index in [1.54, 1.807) is 19.1 Å². The molecule has 1 aromatic heterocycles. The molecule has 0 bridgehead atoms. The van der Waals surface area contributed by atoms with E-state index >= 15 is 0 Å². The quantitative estimate of drug-likeness (QED) is 0.917. The minimum atomic E-state index is -0.274. The third kappa shape index (κ3) is 4.42. The lowest BCUT2D eigenvalue weighted by Gasteiger charge is -2.26. The highest BCUT2D eigenvalue weighted by Gasteiger charge is 2.24. The van der Waals surface area contributed by atoms with E-state index in [0.717, 1.165) is 19.5 Å². The zero-order valence-electron chi connectivity index (χ0n) is 12.9. The molecule has 1 aliphatic rings. The number of halogens is 1. The maximum atomic E-state index is 12.3. The highest BCUT2D eigenvalue weighted by atomic mass is 35.5. The smallest absolute Gasteiger partial charge is 0.242 e. The fraction of sp³-hybridized carbons (Fsp3) is 0.533. The molecule has 1 aromatic rings. The number of carbonyl (C=O) groups excluding carboxylic acids is 2. The lowest BCUT2D eigenvalue weighted by atomic mass is 10.2. The molecule has 0 aromatic carbocycles. The second-order valence-corrected chi connectivity index (χ2v) is 5.86. The second-order valence-electron chi connectivity index (χ2n) is 5.42. The molecule has 0 aliphatic carbocycles. The zero-order chi connectivity index (χ0) is 16.1. The third-order valence-electron chi connectivity index (χ3n) is 3.88. The molecule has 22 heavy (non-hydrogen) atoms. The van der Waals surface area contributed by atoms with Gasteiger partial charge in [-0.3, -0.25) is 14.5 Å². The number of anilines is 1. The Morgan fingerprint density at radius 3 is 2.68 bits per heavy atom. The number of rotatable bonds is 3. The molecule has 2 rings (SSSR count). The van der Waals surface area contributed by atoms with Crippen molar-refractivity contribution in [3.05, 3.63) is 23.4 Å². The van der Waals surface area contributed by atoms with E-state index in [-0.39, 0.29) is 17.9 Å². The molecule has 1 aliphatic heterocycles. The van der Waals surface area contributed by atoms with Crippen LogP contribution in [0.1, 0.15) is 20.3 Å². The first-order valence-electron chi connectivity index (χ1n) is 7.39. The molecule has 0 saturated carbocycles. The molecular formula is C15H21ClN4O2. The van der Waals surface area contributed by atoms with Crippen molar-refractivity contribution in [2.75, 3.05) is 31.5 Å². The number of hydrogen-bond donors (Lipinski definition) is 1. The summed E-state index contributed by atoms with van der Waals surface area (Å²) in [5.74, 6) is 0.469. The van der Waals surface area contributed by atoms with Crippen LogP contribution in [0.5, 0.6) is 0 Å². The molecule has 1 unspecified atom stereocenters. The summed E-state index contributed by atoms with van der Waals surface area (Å²) < 4.78 is 0. The summed E-state index contributed by atoms with van der Waals surface area (Å²) in [6, 6.07) is 3.09. The first kappa shape index (κ1) is 16.7. The van der Waals surface area contributed by atoms with Crippen LogP contribution in [0.2, 0.25) is 5.02 Å². The maximum Gasteiger partial charge on any atom is 0.242 e. The van der Waals surface area contributed by atoms with Gasteiger partial charge in [-0.15, -0.1) is 0 Å². The van der Waals surface area contributed by atoms with Gasteiger partial charge in [0.2, 0.25) is 11.8 Å². The molecule has 1 saturated heterocycles. The Hall–Kier alpha value is -1.66. The number of pyridine rings is 1. The van der Waals surface area contributed by atoms with Gasteiger partial charge < -0.3 is 10.2 Å². The number of nitrogens with one attached hydrogen (secondary N) is 1. The average molecular weight is 325 g/mol. The first-order valence-corrected chi connectivity index (χ1v) is 7.77. The van der Waals surface area contributed by atoms with Crippen LogP contribution in [-0.2, 0) is 9.59 Å². The molecular weight excluding hydrogens is 304 g/mol. The summed E-state index contributed by atoms with van der Waals surface area (Å²) in [6.45, 7) is 6.35. The molecule has 1 N–H and O–H groups in total. The van der Waals surface area contributed by atoms with Gasteiger partial charge in [0.25, 0.3) is 0 Å². The Balaban J connectivity index is 1.92. The number of hydrogen-bond acceptors (Lipinski definition) is 4. The van der Waals surface area contributed by atoms with E-state index in [1.165, 1.54) is 6.20 Å². The van der Waals surface area contributed by atoms with Crippen molar-refractivity contribution in [1.29, 1.82) is 0 Å². The van der Waals surface area contributed by atoms with E-state index in [4.69, 9.17) is 11.6 Å². The monoisotopic (exact) mass is 324 g/mol. The van der Waals surface area contributed by atoms with Crippen molar-refractivity contribution in [3.63, 3.8) is 0 Å². The predicted octanol–water partition coefficient (Wildman–Crippen LogP) is 1.62. The highest BCUT2D eigenvalue weighted by Crippen LogP contribution is 2.12. The average Bonchev–Trinajstić information content (AvgIpc) is 2.74. The normalized spacial score (nSPS) is 17.7. The van der Waals surface area contributed by atoms with Crippen LogP contribution in [-0.4, -0.2) is 58.8 Å². The van der Waals surface area contributed by atoms with Crippen molar-refractivity contribution in [2.45, 2.75) is 26.3 Å². The Labute approximate surface area is 135 Å². The van der Waals surface area contributed by atoms with Crippen molar-refractivity contribution >= 4 is 29.2 Å². The Morgan fingerprint density at radius 2 is 2.05 bits per heavy atom. The summed E-state index contributed by atoms with van der Waals surface area (Å²) in [5.41, 5.74) is 0. The number of aromatic nitrogens is 1. The van der Waals surface area contributed by atoms with Crippen LogP contribution < -0.4 is 5.32 Å². The van der Waals surface area contributed by atoms with Crippen LogP contribution in [0, 0.1) is 0 Å².